The Kier molecular flexibility index (Phi) is 14.2. The van der Waals surface area contributed by atoms with Crippen LogP contribution in [0.2, 0.25) is 0 Å². The molecule has 0 amide bonds. The standard InChI is InChI=1S/C45H46N2O12S2/c1-31(2)28-46(61(55,56)39-19-16-38(17-20-39)59-37-6-4-3-5-7-37)36-15-21-41(45(49)50)44(26-36)58-29-33-9-12-35(13-10-33)43(48)30-60(53,54)40-18-14-34(42(27-40)47(51)52)11-8-32-22-24-57-25-23-32/h3-7,9-10,12-21,26-27,31-32H,8,11,22-25,28-30H2,1-2H3,(H,49,50). The van der Waals surface area contributed by atoms with Crippen LogP contribution in [-0.4, -0.2) is 64.1 Å². The largest absolute Gasteiger partial charge is 0.488 e. The van der Waals surface area contributed by atoms with Crippen LogP contribution in [0, 0.1) is 22.0 Å². The van der Waals surface area contributed by atoms with Gasteiger partial charge < -0.3 is 19.3 Å². The maximum Gasteiger partial charge on any atom is 0.339 e. The summed E-state index contributed by atoms with van der Waals surface area (Å²) in [6, 6.07) is 28.6. The number of carbonyl (C=O) groups excluding carboxylic acids is 1. The summed E-state index contributed by atoms with van der Waals surface area (Å²) in [7, 11) is -8.40. The molecule has 16 heteroatoms. The third kappa shape index (κ3) is 11.4. The van der Waals surface area contributed by atoms with E-state index in [1.54, 1.807) is 24.3 Å². The second kappa shape index (κ2) is 19.5. The summed E-state index contributed by atoms with van der Waals surface area (Å²) in [5, 5.41) is 21.9. The Hall–Kier alpha value is -6.10. The van der Waals surface area contributed by atoms with Gasteiger partial charge in [0.2, 0.25) is 0 Å². The van der Waals surface area contributed by atoms with E-state index in [1.807, 2.05) is 32.0 Å². The van der Waals surface area contributed by atoms with Gasteiger partial charge in [0, 0.05) is 43.0 Å². The van der Waals surface area contributed by atoms with Gasteiger partial charge in [0.05, 0.1) is 20.4 Å². The van der Waals surface area contributed by atoms with Gasteiger partial charge in [-0.05, 0) is 97.7 Å². The lowest BCUT2D eigenvalue weighted by Gasteiger charge is -2.27. The van der Waals surface area contributed by atoms with Crippen LogP contribution in [0.3, 0.4) is 0 Å². The first-order valence-corrected chi connectivity index (χ1v) is 22.8. The number of hydrogen-bond acceptors (Lipinski definition) is 11. The highest BCUT2D eigenvalue weighted by molar-refractivity contribution is 7.93. The summed E-state index contributed by atoms with van der Waals surface area (Å²) in [5.74, 6) is -1.77. The molecule has 0 saturated carbocycles. The van der Waals surface area contributed by atoms with Gasteiger partial charge in [-0.2, -0.15) is 0 Å². The van der Waals surface area contributed by atoms with Crippen molar-refractivity contribution in [2.45, 2.75) is 55.9 Å². The average molecular weight is 871 g/mol. The molecule has 5 aromatic rings. The minimum atomic E-state index is -4.25. The Bertz CT molecular complexity index is 2570. The van der Waals surface area contributed by atoms with E-state index in [0.29, 0.717) is 54.6 Å². The summed E-state index contributed by atoms with van der Waals surface area (Å²) >= 11 is 0. The second-order valence-corrected chi connectivity index (χ2v) is 19.0. The number of anilines is 1. The molecule has 0 spiro atoms. The molecule has 0 atom stereocenters. The fourth-order valence-electron chi connectivity index (χ4n) is 6.87. The number of sulfone groups is 1. The van der Waals surface area contributed by atoms with E-state index in [0.717, 1.165) is 18.9 Å². The van der Waals surface area contributed by atoms with Crippen molar-refractivity contribution in [3.63, 3.8) is 0 Å². The molecule has 1 saturated heterocycles. The minimum absolute atomic E-state index is 0.00315. The van der Waals surface area contributed by atoms with Gasteiger partial charge in [0.15, 0.2) is 15.6 Å². The van der Waals surface area contributed by atoms with E-state index in [-0.39, 0.29) is 57.1 Å². The molecule has 0 aromatic heterocycles. The molecule has 6 rings (SSSR count). The van der Waals surface area contributed by atoms with E-state index >= 15 is 0 Å². The fourth-order valence-corrected chi connectivity index (χ4v) is 9.73. The quantitative estimate of drug-likeness (QED) is 0.0472. The van der Waals surface area contributed by atoms with Crippen molar-refractivity contribution in [1.82, 2.24) is 0 Å². The molecular formula is C45H46N2O12S2. The zero-order valence-corrected chi connectivity index (χ0v) is 35.3. The van der Waals surface area contributed by atoms with Crippen molar-refractivity contribution < 1.29 is 50.7 Å². The lowest BCUT2D eigenvalue weighted by atomic mass is 9.92. The van der Waals surface area contributed by atoms with Crippen molar-refractivity contribution >= 4 is 43.0 Å². The Morgan fingerprint density at radius 3 is 2.15 bits per heavy atom. The number of nitrogens with zero attached hydrogens (tertiary/aromatic N) is 2. The third-order valence-electron chi connectivity index (χ3n) is 10.2. The number of ether oxygens (including phenoxy) is 3. The number of carboxylic acids is 1. The van der Waals surface area contributed by atoms with Gasteiger partial charge >= 0.3 is 5.97 Å². The van der Waals surface area contributed by atoms with Crippen LogP contribution >= 0.6 is 0 Å². The van der Waals surface area contributed by atoms with Crippen LogP contribution in [0.25, 0.3) is 0 Å². The monoisotopic (exact) mass is 870 g/mol. The Morgan fingerprint density at radius 2 is 1.51 bits per heavy atom. The molecule has 0 bridgehead atoms. The number of nitro groups is 1. The molecule has 0 aliphatic carbocycles. The molecule has 61 heavy (non-hydrogen) atoms. The Morgan fingerprint density at radius 1 is 0.852 bits per heavy atom. The van der Waals surface area contributed by atoms with E-state index < -0.39 is 42.3 Å². The number of rotatable bonds is 19. The smallest absolute Gasteiger partial charge is 0.339 e. The number of nitro benzene ring substituents is 1. The van der Waals surface area contributed by atoms with Gasteiger partial charge in [-0.25, -0.2) is 21.6 Å². The molecule has 1 fully saturated rings. The summed E-state index contributed by atoms with van der Waals surface area (Å²) < 4.78 is 73.1. The number of sulfonamides is 1. The maximum atomic E-state index is 14.1. The number of carbonyl (C=O) groups is 2. The van der Waals surface area contributed by atoms with Crippen LogP contribution in [0.5, 0.6) is 17.2 Å². The summed E-state index contributed by atoms with van der Waals surface area (Å²) in [5.41, 5.74) is 0.648. The van der Waals surface area contributed by atoms with Crippen molar-refractivity contribution in [2.24, 2.45) is 11.8 Å². The SMILES string of the molecule is CC(C)CN(c1ccc(C(=O)O)c(OCc2ccc(C(=O)CS(=O)(=O)c3ccc(CCC4CCOCC4)c([N+](=O)[O-])c3)cc2)c1)S(=O)(=O)c1ccc(Oc2ccccc2)cc1. The van der Waals surface area contributed by atoms with Crippen LogP contribution in [0.1, 0.15) is 65.0 Å². The summed E-state index contributed by atoms with van der Waals surface area (Å²) in [6.07, 6.45) is 2.86. The number of Topliss-reactive ketones (excluding diaryl/α,β-unsaturated/α-hetero) is 1. The van der Waals surface area contributed by atoms with Crippen molar-refractivity contribution in [3.05, 3.63) is 148 Å². The van der Waals surface area contributed by atoms with E-state index in [2.05, 4.69) is 0 Å². The predicted molar refractivity (Wildman–Crippen MR) is 228 cm³/mol. The summed E-state index contributed by atoms with van der Waals surface area (Å²) in [6.45, 7) is 4.89. The molecule has 320 valence electrons. The van der Waals surface area contributed by atoms with E-state index in [9.17, 15) is 41.6 Å². The zero-order chi connectivity index (χ0) is 43.7. The summed E-state index contributed by atoms with van der Waals surface area (Å²) in [4.78, 5) is 36.4. The fraction of sp³-hybridized carbons (Fsp3) is 0.289. The normalized spacial score (nSPS) is 13.4. The van der Waals surface area contributed by atoms with Crippen LogP contribution in [0.15, 0.2) is 125 Å². The number of para-hydroxylation sites is 1. The zero-order valence-electron chi connectivity index (χ0n) is 33.6. The molecule has 1 aliphatic heterocycles. The van der Waals surface area contributed by atoms with Crippen molar-refractivity contribution in [3.8, 4) is 17.2 Å². The van der Waals surface area contributed by atoms with Crippen molar-refractivity contribution in [2.75, 3.05) is 29.8 Å². The first-order chi connectivity index (χ1) is 29.1. The van der Waals surface area contributed by atoms with Gasteiger partial charge in [0.25, 0.3) is 15.7 Å². The highest BCUT2D eigenvalue weighted by Gasteiger charge is 2.29. The van der Waals surface area contributed by atoms with E-state index in [4.69, 9.17) is 14.2 Å². The molecule has 1 N–H and O–H groups in total. The first-order valence-electron chi connectivity index (χ1n) is 19.7. The third-order valence-corrected chi connectivity index (χ3v) is 13.6. The van der Waals surface area contributed by atoms with Gasteiger partial charge in [-0.3, -0.25) is 19.2 Å². The molecule has 1 aliphatic rings. The first kappa shape index (κ1) is 44.5. The van der Waals surface area contributed by atoms with Gasteiger partial charge in [0.1, 0.15) is 35.2 Å². The van der Waals surface area contributed by atoms with Crippen molar-refractivity contribution in [1.29, 1.82) is 0 Å². The predicted octanol–water partition coefficient (Wildman–Crippen LogP) is 8.53. The van der Waals surface area contributed by atoms with Crippen LogP contribution in [0.4, 0.5) is 11.4 Å². The minimum Gasteiger partial charge on any atom is -0.488 e. The maximum absolute atomic E-state index is 14.1. The molecule has 14 nitrogen and oxygen atoms in total. The topological polar surface area (TPSA) is 197 Å². The molecule has 1 heterocycles. The van der Waals surface area contributed by atoms with E-state index in [1.165, 1.54) is 71.0 Å². The molecule has 0 radical (unpaired) electrons. The number of benzene rings is 5. The molecular weight excluding hydrogens is 825 g/mol. The lowest BCUT2D eigenvalue weighted by molar-refractivity contribution is -0.385. The van der Waals surface area contributed by atoms with Gasteiger partial charge in [-0.15, -0.1) is 0 Å². The second-order valence-electron chi connectivity index (χ2n) is 15.1. The number of hydrogen-bond donors (Lipinski definition) is 1. The number of carboxylic acid groups (broad SMARTS) is 1. The highest BCUT2D eigenvalue weighted by Crippen LogP contribution is 2.33. The van der Waals surface area contributed by atoms with Crippen LogP contribution < -0.4 is 13.8 Å². The Balaban J connectivity index is 1.14. The Labute approximate surface area is 354 Å². The van der Waals surface area contributed by atoms with Gasteiger partial charge in [-0.1, -0.05) is 62.4 Å². The molecule has 5 aromatic carbocycles. The lowest BCUT2D eigenvalue weighted by Crippen LogP contribution is -2.34. The number of ketones is 1. The number of aryl methyl sites for hydroxylation is 1. The average Bonchev–Trinajstić information content (AvgIpc) is 3.24. The number of aromatic carboxylic acids is 1. The van der Waals surface area contributed by atoms with Crippen LogP contribution in [-0.2, 0) is 37.6 Å². The highest BCUT2D eigenvalue weighted by atomic mass is 32.2. The molecule has 0 unspecified atom stereocenters.